The van der Waals surface area contributed by atoms with E-state index in [-0.39, 0.29) is 6.04 Å². The van der Waals surface area contributed by atoms with Crippen molar-refractivity contribution in [1.82, 2.24) is 10.6 Å². The van der Waals surface area contributed by atoms with Crippen molar-refractivity contribution in [2.45, 2.75) is 55.6 Å². The summed E-state index contributed by atoms with van der Waals surface area (Å²) in [6.45, 7) is 0.431. The first kappa shape index (κ1) is 17.9. The molecule has 1 fully saturated rings. The summed E-state index contributed by atoms with van der Waals surface area (Å²) in [6, 6.07) is -1.34. The third kappa shape index (κ3) is 4.42. The molecule has 2 amide bonds. The smallest absolute Gasteiger partial charge is 0.422 e. The van der Waals surface area contributed by atoms with E-state index in [1.54, 1.807) is 11.8 Å². The van der Waals surface area contributed by atoms with Gasteiger partial charge in [0.1, 0.15) is 0 Å². The predicted octanol–water partition coefficient (Wildman–Crippen LogP) is 2.37. The van der Waals surface area contributed by atoms with Crippen LogP contribution in [0, 0.1) is 0 Å². The van der Waals surface area contributed by atoms with Crippen molar-refractivity contribution < 1.29 is 27.9 Å². The van der Waals surface area contributed by atoms with Gasteiger partial charge in [0.2, 0.25) is 5.54 Å². The van der Waals surface area contributed by atoms with Gasteiger partial charge < -0.3 is 15.7 Å². The van der Waals surface area contributed by atoms with E-state index in [1.165, 1.54) is 5.32 Å². The number of carboxylic acid groups (broad SMARTS) is 1. The lowest BCUT2D eigenvalue weighted by Gasteiger charge is -2.32. The first-order valence-electron chi connectivity index (χ1n) is 6.51. The molecule has 0 bridgehead atoms. The zero-order valence-electron chi connectivity index (χ0n) is 11.8. The van der Waals surface area contributed by atoms with E-state index in [4.69, 9.17) is 5.11 Å². The Bertz CT molecular complexity index is 406. The van der Waals surface area contributed by atoms with Crippen LogP contribution in [-0.2, 0) is 4.79 Å². The molecule has 1 rings (SSSR count). The van der Waals surface area contributed by atoms with E-state index in [2.05, 4.69) is 5.32 Å². The largest absolute Gasteiger partial charge is 0.479 e. The highest BCUT2D eigenvalue weighted by atomic mass is 32.2. The number of nitrogens with one attached hydrogen (secondary N) is 2. The number of alkyl halides is 3. The number of urea groups is 1. The maximum atomic E-state index is 12.8. The van der Waals surface area contributed by atoms with Crippen molar-refractivity contribution in [1.29, 1.82) is 0 Å². The number of rotatable bonds is 4. The number of carboxylic acids is 1. The predicted molar refractivity (Wildman–Crippen MR) is 73.3 cm³/mol. The van der Waals surface area contributed by atoms with Crippen molar-refractivity contribution >= 4 is 23.8 Å². The lowest BCUT2D eigenvalue weighted by atomic mass is 9.95. The quantitative estimate of drug-likeness (QED) is 0.740. The molecule has 0 aromatic carbocycles. The van der Waals surface area contributed by atoms with Crippen molar-refractivity contribution in [3.05, 3.63) is 0 Å². The van der Waals surface area contributed by atoms with E-state index in [0.717, 1.165) is 12.8 Å². The molecule has 21 heavy (non-hydrogen) atoms. The van der Waals surface area contributed by atoms with Gasteiger partial charge in [-0.1, -0.05) is 6.42 Å². The first-order chi connectivity index (χ1) is 9.60. The normalized spacial score (nSPS) is 25.8. The van der Waals surface area contributed by atoms with Gasteiger partial charge >= 0.3 is 18.2 Å². The number of thioether (sulfide) groups is 1. The molecule has 0 spiro atoms. The Morgan fingerprint density at radius 3 is 2.38 bits per heavy atom. The molecule has 9 heteroatoms. The molecule has 3 N–H and O–H groups in total. The van der Waals surface area contributed by atoms with Gasteiger partial charge in [-0.2, -0.15) is 24.9 Å². The molecule has 1 saturated carbocycles. The van der Waals surface area contributed by atoms with Crippen LogP contribution in [-0.4, -0.2) is 46.4 Å². The molecule has 0 saturated heterocycles. The number of halogens is 3. The highest BCUT2D eigenvalue weighted by Gasteiger charge is 2.58. The second-order valence-corrected chi connectivity index (χ2v) is 6.39. The van der Waals surface area contributed by atoms with Gasteiger partial charge in [0, 0.05) is 11.3 Å². The summed E-state index contributed by atoms with van der Waals surface area (Å²) in [6.07, 6.45) is 0.107. The topological polar surface area (TPSA) is 78.4 Å². The summed E-state index contributed by atoms with van der Waals surface area (Å²) in [7, 11) is 0. The van der Waals surface area contributed by atoms with Crippen molar-refractivity contribution in [3.63, 3.8) is 0 Å². The van der Waals surface area contributed by atoms with E-state index in [0.29, 0.717) is 25.0 Å². The average Bonchev–Trinajstić information content (AvgIpc) is 2.37. The summed E-state index contributed by atoms with van der Waals surface area (Å²) in [5.41, 5.74) is -3.30. The van der Waals surface area contributed by atoms with Crippen LogP contribution >= 0.6 is 11.8 Å². The van der Waals surface area contributed by atoms with Gasteiger partial charge in [-0.05, 0) is 32.4 Å². The van der Waals surface area contributed by atoms with E-state index in [9.17, 15) is 22.8 Å². The molecular formula is C12H19F3N2O3S. The number of aliphatic carboxylic acids is 1. The van der Waals surface area contributed by atoms with E-state index < -0.39 is 23.7 Å². The molecule has 1 aliphatic carbocycles. The standard InChI is InChI=1S/C12H19F3N2O3S/c1-11(9(18)19,12(13,14)15)17-10(20)16-7-4-3-5-8(6-7)21-2/h7-8H,3-6H2,1-2H3,(H,18,19)(H2,16,17,20). The molecule has 0 radical (unpaired) electrons. The fraction of sp³-hybridized carbons (Fsp3) is 0.833. The summed E-state index contributed by atoms with van der Waals surface area (Å²) in [5, 5.41) is 13.1. The molecule has 5 nitrogen and oxygen atoms in total. The van der Waals surface area contributed by atoms with Crippen LogP contribution < -0.4 is 10.6 Å². The Kier molecular flexibility index (Phi) is 5.77. The van der Waals surface area contributed by atoms with Crippen LogP contribution in [0.25, 0.3) is 0 Å². The van der Waals surface area contributed by atoms with E-state index in [1.807, 2.05) is 6.26 Å². The Labute approximate surface area is 125 Å². The molecule has 1 aliphatic rings. The fourth-order valence-corrected chi connectivity index (χ4v) is 3.01. The molecule has 0 heterocycles. The summed E-state index contributed by atoms with van der Waals surface area (Å²) >= 11 is 1.65. The van der Waals surface area contributed by atoms with Crippen LogP contribution in [0.2, 0.25) is 0 Å². The lowest BCUT2D eigenvalue weighted by molar-refractivity contribution is -0.203. The van der Waals surface area contributed by atoms with Gasteiger partial charge in [0.25, 0.3) is 0 Å². The highest BCUT2D eigenvalue weighted by molar-refractivity contribution is 7.99. The van der Waals surface area contributed by atoms with E-state index >= 15 is 0 Å². The molecule has 122 valence electrons. The Hall–Kier alpha value is -1.12. The van der Waals surface area contributed by atoms with Crippen molar-refractivity contribution in [3.8, 4) is 0 Å². The van der Waals surface area contributed by atoms with Crippen molar-refractivity contribution in [2.75, 3.05) is 6.26 Å². The Morgan fingerprint density at radius 1 is 1.29 bits per heavy atom. The third-order valence-electron chi connectivity index (χ3n) is 3.65. The van der Waals surface area contributed by atoms with Crippen LogP contribution in [0.5, 0.6) is 0 Å². The molecule has 0 aliphatic heterocycles. The van der Waals surface area contributed by atoms with Crippen LogP contribution in [0.3, 0.4) is 0 Å². The lowest BCUT2D eigenvalue weighted by Crippen LogP contribution is -2.64. The molecule has 0 aromatic heterocycles. The Balaban J connectivity index is 2.65. The minimum absolute atomic E-state index is 0.234. The third-order valence-corrected chi connectivity index (χ3v) is 4.75. The number of amides is 2. The zero-order chi connectivity index (χ0) is 16.3. The molecule has 3 unspecified atom stereocenters. The second kappa shape index (κ2) is 6.76. The minimum Gasteiger partial charge on any atom is -0.479 e. The van der Waals surface area contributed by atoms with Gasteiger partial charge in [-0.15, -0.1) is 0 Å². The maximum absolute atomic E-state index is 12.8. The van der Waals surface area contributed by atoms with Gasteiger partial charge in [-0.3, -0.25) is 0 Å². The second-order valence-electron chi connectivity index (χ2n) is 5.25. The minimum atomic E-state index is -5.08. The van der Waals surface area contributed by atoms with Gasteiger partial charge in [-0.25, -0.2) is 9.59 Å². The zero-order valence-corrected chi connectivity index (χ0v) is 12.6. The Morgan fingerprint density at radius 2 is 1.90 bits per heavy atom. The fourth-order valence-electron chi connectivity index (χ4n) is 2.18. The number of hydrogen-bond acceptors (Lipinski definition) is 3. The molecular weight excluding hydrogens is 309 g/mol. The van der Waals surface area contributed by atoms with Gasteiger partial charge in [0.05, 0.1) is 0 Å². The SMILES string of the molecule is CSC1CCCC(NC(=O)NC(C)(C(=O)O)C(F)(F)F)C1. The summed E-state index contributed by atoms with van der Waals surface area (Å²) < 4.78 is 38.4. The highest BCUT2D eigenvalue weighted by Crippen LogP contribution is 2.31. The van der Waals surface area contributed by atoms with Crippen LogP contribution in [0.1, 0.15) is 32.6 Å². The molecule has 0 aromatic rings. The number of carbonyl (C=O) groups excluding carboxylic acids is 1. The summed E-state index contributed by atoms with van der Waals surface area (Å²) in [5.74, 6) is -2.14. The summed E-state index contributed by atoms with van der Waals surface area (Å²) in [4.78, 5) is 22.5. The average molecular weight is 328 g/mol. The number of hydrogen-bond donors (Lipinski definition) is 3. The van der Waals surface area contributed by atoms with Crippen LogP contribution in [0.15, 0.2) is 0 Å². The van der Waals surface area contributed by atoms with Crippen LogP contribution in [0.4, 0.5) is 18.0 Å². The first-order valence-corrected chi connectivity index (χ1v) is 7.80. The molecule has 3 atom stereocenters. The monoisotopic (exact) mass is 328 g/mol. The number of carbonyl (C=O) groups is 2. The maximum Gasteiger partial charge on any atom is 0.422 e. The van der Waals surface area contributed by atoms with Gasteiger partial charge in [0.15, 0.2) is 0 Å². The van der Waals surface area contributed by atoms with Crippen molar-refractivity contribution in [2.24, 2.45) is 0 Å².